The van der Waals surface area contributed by atoms with Crippen molar-refractivity contribution in [2.75, 3.05) is 6.61 Å². The minimum absolute atomic E-state index is 0.349. The zero-order valence-electron chi connectivity index (χ0n) is 17.0. The van der Waals surface area contributed by atoms with Gasteiger partial charge in [-0.25, -0.2) is 4.79 Å². The topological polar surface area (TPSA) is 68.1 Å². The van der Waals surface area contributed by atoms with Crippen LogP contribution in [0.5, 0.6) is 0 Å². The molecule has 0 saturated heterocycles. The van der Waals surface area contributed by atoms with E-state index in [0.717, 1.165) is 34.2 Å². The molecule has 1 aliphatic rings. The average Bonchev–Trinajstić information content (AvgIpc) is 2.82. The standard InChI is InChI=1S/C26H23NO4/c28-24(29)18-30-26-22(16-15-19-9-7-8-14-23(19)26)17-27-31-25(20-10-3-1-4-11-20)21-12-5-2-6-13-21/h1-14,17,25H,15-16,18H2,(H,28,29). The number of fused-ring (bicyclic) bond motifs is 1. The van der Waals surface area contributed by atoms with E-state index >= 15 is 0 Å². The van der Waals surface area contributed by atoms with E-state index in [0.29, 0.717) is 12.2 Å². The third-order valence-corrected chi connectivity index (χ3v) is 5.14. The van der Waals surface area contributed by atoms with Gasteiger partial charge in [-0.2, -0.15) is 0 Å². The molecule has 0 spiro atoms. The Morgan fingerprint density at radius 3 is 2.16 bits per heavy atom. The number of nitrogens with zero attached hydrogens (tertiary/aromatic N) is 1. The van der Waals surface area contributed by atoms with Crippen LogP contribution in [0.4, 0.5) is 0 Å². The number of carboxylic acids is 1. The lowest BCUT2D eigenvalue weighted by Crippen LogP contribution is -2.13. The molecule has 1 aliphatic carbocycles. The lowest BCUT2D eigenvalue weighted by atomic mass is 9.91. The van der Waals surface area contributed by atoms with Gasteiger partial charge in [-0.15, -0.1) is 0 Å². The lowest BCUT2D eigenvalue weighted by Gasteiger charge is -2.21. The molecule has 3 aromatic rings. The van der Waals surface area contributed by atoms with Crippen LogP contribution >= 0.6 is 0 Å². The van der Waals surface area contributed by atoms with E-state index in [2.05, 4.69) is 5.16 Å². The van der Waals surface area contributed by atoms with E-state index in [1.54, 1.807) is 6.21 Å². The van der Waals surface area contributed by atoms with Crippen LogP contribution in [0.2, 0.25) is 0 Å². The normalized spacial score (nSPS) is 13.3. The maximum atomic E-state index is 11.1. The van der Waals surface area contributed by atoms with Gasteiger partial charge in [0.15, 0.2) is 12.7 Å². The molecule has 0 saturated carbocycles. The van der Waals surface area contributed by atoms with Crippen molar-refractivity contribution in [3.05, 3.63) is 113 Å². The molecular formula is C26H23NO4. The monoisotopic (exact) mass is 413 g/mol. The number of rotatable bonds is 8. The highest BCUT2D eigenvalue weighted by Gasteiger charge is 2.21. The van der Waals surface area contributed by atoms with Gasteiger partial charge in [0.1, 0.15) is 5.76 Å². The first-order valence-corrected chi connectivity index (χ1v) is 10.2. The number of ether oxygens (including phenoxy) is 1. The first kappa shape index (κ1) is 20.4. The van der Waals surface area contributed by atoms with Gasteiger partial charge in [0, 0.05) is 11.1 Å². The smallest absolute Gasteiger partial charge is 0.341 e. The van der Waals surface area contributed by atoms with Crippen LogP contribution in [0.15, 0.2) is 95.7 Å². The molecule has 0 atom stereocenters. The summed E-state index contributed by atoms with van der Waals surface area (Å²) in [4.78, 5) is 17.0. The van der Waals surface area contributed by atoms with Gasteiger partial charge in [0.25, 0.3) is 0 Å². The molecule has 5 heteroatoms. The Kier molecular flexibility index (Phi) is 6.43. The van der Waals surface area contributed by atoms with Crippen molar-refractivity contribution in [2.24, 2.45) is 5.16 Å². The van der Waals surface area contributed by atoms with E-state index in [1.165, 1.54) is 0 Å². The van der Waals surface area contributed by atoms with Crippen LogP contribution in [0.1, 0.15) is 34.8 Å². The van der Waals surface area contributed by atoms with Crippen molar-refractivity contribution in [3.63, 3.8) is 0 Å². The maximum Gasteiger partial charge on any atom is 0.341 e. The highest BCUT2D eigenvalue weighted by Crippen LogP contribution is 2.32. The van der Waals surface area contributed by atoms with Gasteiger partial charge in [-0.05, 0) is 29.5 Å². The minimum Gasteiger partial charge on any atom is -0.481 e. The van der Waals surface area contributed by atoms with Gasteiger partial charge < -0.3 is 14.7 Å². The molecule has 1 N–H and O–H groups in total. The number of hydrogen-bond donors (Lipinski definition) is 1. The Morgan fingerprint density at radius 2 is 1.52 bits per heavy atom. The average molecular weight is 413 g/mol. The molecule has 0 fully saturated rings. The van der Waals surface area contributed by atoms with E-state index in [4.69, 9.17) is 14.7 Å². The molecule has 0 unspecified atom stereocenters. The molecule has 0 aromatic heterocycles. The molecule has 0 aliphatic heterocycles. The largest absolute Gasteiger partial charge is 0.481 e. The number of oxime groups is 1. The second-order valence-electron chi connectivity index (χ2n) is 7.24. The molecule has 156 valence electrons. The van der Waals surface area contributed by atoms with Crippen LogP contribution in [0.3, 0.4) is 0 Å². The molecule has 5 nitrogen and oxygen atoms in total. The first-order valence-electron chi connectivity index (χ1n) is 10.2. The highest BCUT2D eigenvalue weighted by atomic mass is 16.6. The fraction of sp³-hybridized carbons (Fsp3) is 0.154. The number of aryl methyl sites for hydroxylation is 1. The fourth-order valence-electron chi connectivity index (χ4n) is 3.67. The van der Waals surface area contributed by atoms with E-state index in [9.17, 15) is 4.79 Å². The predicted octanol–water partition coefficient (Wildman–Crippen LogP) is 5.24. The summed E-state index contributed by atoms with van der Waals surface area (Å²) in [6.45, 7) is -0.404. The number of carboxylic acid groups (broad SMARTS) is 1. The van der Waals surface area contributed by atoms with Gasteiger partial charge in [0.05, 0.1) is 6.21 Å². The molecule has 0 radical (unpaired) electrons. The van der Waals surface area contributed by atoms with Gasteiger partial charge in [-0.3, -0.25) is 0 Å². The van der Waals surface area contributed by atoms with Crippen LogP contribution in [0, 0.1) is 0 Å². The third kappa shape index (κ3) is 5.01. The van der Waals surface area contributed by atoms with Gasteiger partial charge in [0.2, 0.25) is 0 Å². The number of hydrogen-bond acceptors (Lipinski definition) is 4. The Morgan fingerprint density at radius 1 is 0.903 bits per heavy atom. The molecule has 3 aromatic carbocycles. The molecule has 4 rings (SSSR count). The third-order valence-electron chi connectivity index (χ3n) is 5.14. The molecule has 0 bridgehead atoms. The summed E-state index contributed by atoms with van der Waals surface area (Å²) in [5, 5.41) is 13.4. The van der Waals surface area contributed by atoms with Crippen LogP contribution < -0.4 is 0 Å². The van der Waals surface area contributed by atoms with Crippen LogP contribution in [-0.4, -0.2) is 23.9 Å². The Labute approximate surface area is 181 Å². The minimum atomic E-state index is -1.02. The molecular weight excluding hydrogens is 390 g/mol. The van der Waals surface area contributed by atoms with Crippen LogP contribution in [0.25, 0.3) is 5.76 Å². The number of aliphatic carboxylic acids is 1. The SMILES string of the molecule is O=C(O)COC1=C(C=NOC(c2ccccc2)c2ccccc2)CCc2ccccc21. The van der Waals surface area contributed by atoms with Crippen molar-refractivity contribution < 1.29 is 19.5 Å². The molecule has 0 heterocycles. The quantitative estimate of drug-likeness (QED) is 0.405. The van der Waals surface area contributed by atoms with Crippen LogP contribution in [-0.2, 0) is 20.8 Å². The molecule has 0 amide bonds. The van der Waals surface area contributed by atoms with Crippen molar-refractivity contribution in [2.45, 2.75) is 18.9 Å². The highest BCUT2D eigenvalue weighted by molar-refractivity contribution is 5.90. The first-order chi connectivity index (χ1) is 15.2. The second-order valence-corrected chi connectivity index (χ2v) is 7.24. The fourth-order valence-corrected chi connectivity index (χ4v) is 3.67. The summed E-state index contributed by atoms with van der Waals surface area (Å²) in [7, 11) is 0. The Bertz CT molecular complexity index is 1050. The van der Waals surface area contributed by atoms with Crippen molar-refractivity contribution in [1.82, 2.24) is 0 Å². The zero-order chi connectivity index (χ0) is 21.5. The number of carbonyl (C=O) groups is 1. The Balaban J connectivity index is 1.62. The summed E-state index contributed by atoms with van der Waals surface area (Å²) in [5.74, 6) is -0.469. The van der Waals surface area contributed by atoms with Crippen molar-refractivity contribution >= 4 is 17.9 Å². The summed E-state index contributed by atoms with van der Waals surface area (Å²) in [5.41, 5.74) is 4.85. The van der Waals surface area contributed by atoms with E-state index in [-0.39, 0.29) is 6.10 Å². The summed E-state index contributed by atoms with van der Waals surface area (Å²) in [6, 6.07) is 27.7. The lowest BCUT2D eigenvalue weighted by molar-refractivity contribution is -0.140. The van der Waals surface area contributed by atoms with Crippen molar-refractivity contribution in [3.8, 4) is 0 Å². The predicted molar refractivity (Wildman–Crippen MR) is 120 cm³/mol. The second kappa shape index (κ2) is 9.76. The van der Waals surface area contributed by atoms with E-state index in [1.807, 2.05) is 84.9 Å². The summed E-state index contributed by atoms with van der Waals surface area (Å²) in [6.07, 6.45) is 2.82. The summed E-state index contributed by atoms with van der Waals surface area (Å²) >= 11 is 0. The number of allylic oxidation sites excluding steroid dienone is 1. The van der Waals surface area contributed by atoms with Crippen molar-refractivity contribution in [1.29, 1.82) is 0 Å². The summed E-state index contributed by atoms with van der Waals surface area (Å²) < 4.78 is 5.64. The molecule has 31 heavy (non-hydrogen) atoms. The Hall–Kier alpha value is -3.86. The number of benzene rings is 3. The zero-order valence-corrected chi connectivity index (χ0v) is 17.0. The van der Waals surface area contributed by atoms with Gasteiger partial charge >= 0.3 is 5.97 Å². The van der Waals surface area contributed by atoms with E-state index < -0.39 is 12.6 Å². The van der Waals surface area contributed by atoms with Gasteiger partial charge in [-0.1, -0.05) is 90.1 Å². The maximum absolute atomic E-state index is 11.1.